The van der Waals surface area contributed by atoms with Crippen molar-refractivity contribution in [3.63, 3.8) is 0 Å². The van der Waals surface area contributed by atoms with Crippen LogP contribution in [0.25, 0.3) is 0 Å². The van der Waals surface area contributed by atoms with Crippen molar-refractivity contribution in [1.29, 1.82) is 0 Å². The normalized spacial score (nSPS) is 12.0. The van der Waals surface area contributed by atoms with Crippen LogP contribution in [0.1, 0.15) is 18.9 Å². The third-order valence-corrected chi connectivity index (χ3v) is 2.30. The lowest BCUT2D eigenvalue weighted by atomic mass is 10.2. The standard InChI is InChI=1S/C13H15F2NO3/c1-9(17)16-11(7-12(14)15)13(18)19-8-10-5-3-2-4-6-10/h2-6,11-12H,7-8H2,1H3,(H,16,17). The van der Waals surface area contributed by atoms with E-state index in [1.165, 1.54) is 0 Å². The van der Waals surface area contributed by atoms with E-state index >= 15 is 0 Å². The first kappa shape index (κ1) is 15.1. The van der Waals surface area contributed by atoms with Crippen molar-refractivity contribution >= 4 is 11.9 Å². The highest BCUT2D eigenvalue weighted by Gasteiger charge is 2.25. The van der Waals surface area contributed by atoms with Crippen LogP contribution in [0.2, 0.25) is 0 Å². The summed E-state index contributed by atoms with van der Waals surface area (Å²) in [5, 5.41) is 2.15. The smallest absolute Gasteiger partial charge is 0.329 e. The molecule has 0 aliphatic carbocycles. The summed E-state index contributed by atoms with van der Waals surface area (Å²) in [6, 6.07) is 7.52. The van der Waals surface area contributed by atoms with Crippen LogP contribution in [0.3, 0.4) is 0 Å². The number of alkyl halides is 2. The van der Waals surface area contributed by atoms with Crippen molar-refractivity contribution in [3.05, 3.63) is 35.9 Å². The Morgan fingerprint density at radius 2 is 1.89 bits per heavy atom. The molecule has 0 radical (unpaired) electrons. The van der Waals surface area contributed by atoms with Crippen LogP contribution in [0.5, 0.6) is 0 Å². The topological polar surface area (TPSA) is 55.4 Å². The molecule has 0 saturated heterocycles. The van der Waals surface area contributed by atoms with Gasteiger partial charge in [-0.2, -0.15) is 0 Å². The minimum Gasteiger partial charge on any atom is -0.459 e. The molecule has 1 aromatic rings. The highest BCUT2D eigenvalue weighted by atomic mass is 19.3. The van der Waals surface area contributed by atoms with Crippen LogP contribution in [-0.2, 0) is 20.9 Å². The Morgan fingerprint density at radius 3 is 2.42 bits per heavy atom. The molecule has 4 nitrogen and oxygen atoms in total. The van der Waals surface area contributed by atoms with Crippen LogP contribution in [0.15, 0.2) is 30.3 Å². The lowest BCUT2D eigenvalue weighted by Crippen LogP contribution is -2.42. The molecule has 0 spiro atoms. The second kappa shape index (κ2) is 7.45. The summed E-state index contributed by atoms with van der Waals surface area (Å²) in [6.07, 6.45) is -3.45. The van der Waals surface area contributed by atoms with Gasteiger partial charge in [0.25, 0.3) is 0 Å². The van der Waals surface area contributed by atoms with Crippen molar-refractivity contribution in [2.75, 3.05) is 0 Å². The Morgan fingerprint density at radius 1 is 1.26 bits per heavy atom. The van der Waals surface area contributed by atoms with Gasteiger partial charge < -0.3 is 10.1 Å². The second-order valence-electron chi connectivity index (χ2n) is 3.97. The summed E-state index contributed by atoms with van der Waals surface area (Å²) < 4.78 is 29.5. The number of carbonyl (C=O) groups excluding carboxylic acids is 2. The molecule has 0 aliphatic rings. The number of rotatable bonds is 6. The van der Waals surface area contributed by atoms with E-state index in [4.69, 9.17) is 4.74 Å². The van der Waals surface area contributed by atoms with E-state index < -0.39 is 30.8 Å². The Balaban J connectivity index is 2.54. The maximum Gasteiger partial charge on any atom is 0.329 e. The molecule has 0 heterocycles. The third-order valence-electron chi connectivity index (χ3n) is 2.30. The Labute approximate surface area is 109 Å². The number of esters is 1. The van der Waals surface area contributed by atoms with Gasteiger partial charge in [0.1, 0.15) is 12.6 Å². The molecule has 19 heavy (non-hydrogen) atoms. The lowest BCUT2D eigenvalue weighted by molar-refractivity contribution is -0.150. The van der Waals surface area contributed by atoms with Gasteiger partial charge in [-0.1, -0.05) is 30.3 Å². The van der Waals surface area contributed by atoms with Crippen molar-refractivity contribution in [2.45, 2.75) is 32.4 Å². The van der Waals surface area contributed by atoms with E-state index in [0.717, 1.165) is 12.5 Å². The van der Waals surface area contributed by atoms with E-state index in [0.29, 0.717) is 0 Å². The highest BCUT2D eigenvalue weighted by molar-refractivity contribution is 5.83. The number of amides is 1. The van der Waals surface area contributed by atoms with Crippen molar-refractivity contribution in [1.82, 2.24) is 5.32 Å². The molecule has 0 aliphatic heterocycles. The summed E-state index contributed by atoms with van der Waals surface area (Å²) in [7, 11) is 0. The summed E-state index contributed by atoms with van der Waals surface area (Å²) in [5.41, 5.74) is 0.745. The fourth-order valence-electron chi connectivity index (χ4n) is 1.47. The molecule has 1 amide bonds. The Bertz CT molecular complexity index is 423. The molecule has 0 fully saturated rings. The summed E-state index contributed by atoms with van der Waals surface area (Å²) in [5.74, 6) is -1.42. The molecule has 0 saturated carbocycles. The van der Waals surface area contributed by atoms with E-state index in [1.54, 1.807) is 24.3 Å². The minimum absolute atomic E-state index is 0.0149. The summed E-state index contributed by atoms with van der Waals surface area (Å²) in [6.45, 7) is 1.14. The van der Waals surface area contributed by atoms with Gasteiger partial charge in [0.05, 0.1) is 0 Å². The van der Waals surface area contributed by atoms with E-state index in [1.807, 2.05) is 6.07 Å². The number of halogens is 2. The summed E-state index contributed by atoms with van der Waals surface area (Å²) >= 11 is 0. The van der Waals surface area contributed by atoms with Gasteiger partial charge in [0, 0.05) is 13.3 Å². The van der Waals surface area contributed by atoms with Gasteiger partial charge in [0.15, 0.2) is 0 Å². The molecule has 6 heteroatoms. The fourth-order valence-corrected chi connectivity index (χ4v) is 1.47. The molecule has 1 unspecified atom stereocenters. The van der Waals surface area contributed by atoms with Crippen LogP contribution < -0.4 is 5.32 Å². The average Bonchev–Trinajstić information content (AvgIpc) is 2.35. The lowest BCUT2D eigenvalue weighted by Gasteiger charge is -2.16. The van der Waals surface area contributed by atoms with Crippen molar-refractivity contribution in [3.8, 4) is 0 Å². The van der Waals surface area contributed by atoms with Crippen molar-refractivity contribution in [2.24, 2.45) is 0 Å². The molecular weight excluding hydrogens is 256 g/mol. The van der Waals surface area contributed by atoms with Crippen LogP contribution in [-0.4, -0.2) is 24.3 Å². The molecule has 0 bridgehead atoms. The molecule has 1 N–H and O–H groups in total. The molecule has 1 rings (SSSR count). The van der Waals surface area contributed by atoms with Crippen LogP contribution in [0.4, 0.5) is 8.78 Å². The van der Waals surface area contributed by atoms with Gasteiger partial charge in [-0.05, 0) is 5.56 Å². The van der Waals surface area contributed by atoms with Crippen molar-refractivity contribution < 1.29 is 23.1 Å². The van der Waals surface area contributed by atoms with Crippen LogP contribution in [0, 0.1) is 0 Å². The Kier molecular flexibility index (Phi) is 5.92. The number of benzene rings is 1. The van der Waals surface area contributed by atoms with E-state index in [-0.39, 0.29) is 6.61 Å². The zero-order valence-corrected chi connectivity index (χ0v) is 10.4. The molecule has 1 aromatic carbocycles. The maximum absolute atomic E-state index is 12.3. The second-order valence-corrected chi connectivity index (χ2v) is 3.97. The predicted octanol–water partition coefficient (Wildman–Crippen LogP) is 1.89. The fraction of sp³-hybridized carbons (Fsp3) is 0.385. The molecule has 104 valence electrons. The van der Waals surface area contributed by atoms with Gasteiger partial charge in [-0.15, -0.1) is 0 Å². The number of hydrogen-bond donors (Lipinski definition) is 1. The quantitative estimate of drug-likeness (QED) is 0.804. The number of carbonyl (C=O) groups is 2. The average molecular weight is 271 g/mol. The third kappa shape index (κ3) is 5.94. The zero-order chi connectivity index (χ0) is 14.3. The monoisotopic (exact) mass is 271 g/mol. The largest absolute Gasteiger partial charge is 0.459 e. The van der Waals surface area contributed by atoms with E-state index in [2.05, 4.69) is 5.32 Å². The van der Waals surface area contributed by atoms with Gasteiger partial charge >= 0.3 is 5.97 Å². The zero-order valence-electron chi connectivity index (χ0n) is 10.4. The first-order chi connectivity index (χ1) is 8.99. The summed E-state index contributed by atoms with van der Waals surface area (Å²) in [4.78, 5) is 22.5. The minimum atomic E-state index is -2.69. The number of hydrogen-bond acceptors (Lipinski definition) is 3. The van der Waals surface area contributed by atoms with Gasteiger partial charge in [-0.25, -0.2) is 13.6 Å². The molecular formula is C13H15F2NO3. The maximum atomic E-state index is 12.3. The Hall–Kier alpha value is -1.98. The van der Waals surface area contributed by atoms with E-state index in [9.17, 15) is 18.4 Å². The molecule has 1 atom stereocenters. The van der Waals surface area contributed by atoms with Gasteiger partial charge in [0.2, 0.25) is 12.3 Å². The van der Waals surface area contributed by atoms with Gasteiger partial charge in [-0.3, -0.25) is 4.79 Å². The van der Waals surface area contributed by atoms with Crippen LogP contribution >= 0.6 is 0 Å². The highest BCUT2D eigenvalue weighted by Crippen LogP contribution is 2.08. The first-order valence-corrected chi connectivity index (χ1v) is 5.75. The SMILES string of the molecule is CC(=O)NC(CC(F)F)C(=O)OCc1ccccc1. The molecule has 0 aromatic heterocycles. The first-order valence-electron chi connectivity index (χ1n) is 5.75. The number of nitrogens with one attached hydrogen (secondary N) is 1. The number of ether oxygens (including phenoxy) is 1. The predicted molar refractivity (Wildman–Crippen MR) is 64.5 cm³/mol.